The third-order valence-electron chi connectivity index (χ3n) is 6.10. The van der Waals surface area contributed by atoms with Crippen molar-refractivity contribution in [3.63, 3.8) is 0 Å². The Morgan fingerprint density at radius 2 is 1.87 bits per heavy atom. The summed E-state index contributed by atoms with van der Waals surface area (Å²) in [6.07, 6.45) is 1.44. The Hall–Kier alpha value is -2.96. The highest BCUT2D eigenvalue weighted by Gasteiger charge is 2.49. The van der Waals surface area contributed by atoms with Gasteiger partial charge in [-0.3, -0.25) is 9.59 Å². The number of rotatable bonds is 5. The molecule has 2 aromatic rings. The molecule has 2 aliphatic rings. The molecule has 3 atom stereocenters. The summed E-state index contributed by atoms with van der Waals surface area (Å²) >= 11 is 0. The molecule has 0 bridgehead atoms. The number of benzene rings is 1. The molecule has 0 spiro atoms. The fraction of sp³-hybridized carbons (Fsp3) is 0.478. The number of fused-ring (bicyclic) bond motifs is 1. The molecule has 7 heteroatoms. The largest absolute Gasteiger partial charge is 0.352 e. The molecule has 2 amide bonds. The zero-order valence-electron chi connectivity index (χ0n) is 17.8. The predicted octanol–water partition coefficient (Wildman–Crippen LogP) is 2.23. The van der Waals surface area contributed by atoms with E-state index in [0.29, 0.717) is 25.5 Å². The maximum Gasteiger partial charge on any atom is 0.242 e. The van der Waals surface area contributed by atoms with Crippen LogP contribution < -0.4 is 10.2 Å². The maximum atomic E-state index is 13.0. The van der Waals surface area contributed by atoms with Crippen LogP contribution in [0.1, 0.15) is 36.7 Å². The van der Waals surface area contributed by atoms with Gasteiger partial charge in [-0.25, -0.2) is 9.97 Å². The van der Waals surface area contributed by atoms with Crippen molar-refractivity contribution in [2.24, 2.45) is 5.92 Å². The van der Waals surface area contributed by atoms with E-state index in [1.807, 2.05) is 60.0 Å². The van der Waals surface area contributed by atoms with Crippen molar-refractivity contribution in [1.29, 1.82) is 0 Å². The molecular formula is C23H29N5O2. The smallest absolute Gasteiger partial charge is 0.242 e. The quantitative estimate of drug-likeness (QED) is 0.822. The van der Waals surface area contributed by atoms with E-state index in [1.54, 1.807) is 0 Å². The zero-order valence-corrected chi connectivity index (χ0v) is 17.8. The Morgan fingerprint density at radius 1 is 1.17 bits per heavy atom. The second kappa shape index (κ2) is 8.42. The lowest BCUT2D eigenvalue weighted by Gasteiger charge is -2.39. The normalized spacial score (nSPS) is 23.4. The van der Waals surface area contributed by atoms with Gasteiger partial charge in [0.15, 0.2) is 0 Å². The van der Waals surface area contributed by atoms with Gasteiger partial charge in [-0.2, -0.15) is 0 Å². The highest BCUT2D eigenvalue weighted by molar-refractivity contribution is 5.86. The number of hydrogen-bond acceptors (Lipinski definition) is 5. The molecule has 0 radical (unpaired) electrons. The number of nitrogens with one attached hydrogen (secondary N) is 1. The molecule has 4 rings (SSSR count). The fourth-order valence-corrected chi connectivity index (χ4v) is 4.82. The maximum absolute atomic E-state index is 13.0. The number of anilines is 1. The van der Waals surface area contributed by atoms with Gasteiger partial charge in [-0.1, -0.05) is 37.3 Å². The van der Waals surface area contributed by atoms with E-state index in [4.69, 9.17) is 0 Å². The minimum atomic E-state index is -0.187. The van der Waals surface area contributed by atoms with Crippen LogP contribution in [0.3, 0.4) is 0 Å². The second-order valence-corrected chi connectivity index (χ2v) is 8.31. The number of nitrogens with zero attached hydrogens (tertiary/aromatic N) is 4. The van der Waals surface area contributed by atoms with Gasteiger partial charge in [0.05, 0.1) is 12.0 Å². The number of amides is 2. The summed E-state index contributed by atoms with van der Waals surface area (Å²) < 4.78 is 0. The van der Waals surface area contributed by atoms with Crippen molar-refractivity contribution in [1.82, 2.24) is 20.2 Å². The van der Waals surface area contributed by atoms with Crippen molar-refractivity contribution >= 4 is 17.8 Å². The molecule has 2 saturated heterocycles. The first-order valence-corrected chi connectivity index (χ1v) is 10.7. The third-order valence-corrected chi connectivity index (χ3v) is 6.10. The zero-order chi connectivity index (χ0) is 21.3. The van der Waals surface area contributed by atoms with Crippen LogP contribution in [0.4, 0.5) is 5.95 Å². The van der Waals surface area contributed by atoms with Crippen LogP contribution in [0.25, 0.3) is 0 Å². The van der Waals surface area contributed by atoms with Gasteiger partial charge in [0.25, 0.3) is 0 Å². The predicted molar refractivity (Wildman–Crippen MR) is 115 cm³/mol. The highest BCUT2D eigenvalue weighted by atomic mass is 16.2. The highest BCUT2D eigenvalue weighted by Crippen LogP contribution is 2.35. The Labute approximate surface area is 177 Å². The molecule has 30 heavy (non-hydrogen) atoms. The summed E-state index contributed by atoms with van der Waals surface area (Å²) in [4.78, 5) is 39.0. The summed E-state index contributed by atoms with van der Waals surface area (Å²) in [5.41, 5.74) is 2.86. The van der Waals surface area contributed by atoms with Crippen molar-refractivity contribution in [3.8, 4) is 0 Å². The summed E-state index contributed by atoms with van der Waals surface area (Å²) in [6, 6.07) is 11.8. The summed E-state index contributed by atoms with van der Waals surface area (Å²) in [6.45, 7) is 7.35. The number of hydrogen-bond donors (Lipinski definition) is 1. The van der Waals surface area contributed by atoms with Crippen LogP contribution in [0.15, 0.2) is 36.4 Å². The molecular weight excluding hydrogens is 378 g/mol. The van der Waals surface area contributed by atoms with Crippen LogP contribution in [0.5, 0.6) is 0 Å². The van der Waals surface area contributed by atoms with E-state index >= 15 is 0 Å². The van der Waals surface area contributed by atoms with Gasteiger partial charge in [0.2, 0.25) is 17.8 Å². The molecule has 3 heterocycles. The Balaban J connectivity index is 1.48. The standard InChI is InChI=1S/C23H29N5O2/c1-4-20-19(22(30)24-12-17-8-6-5-7-9-17)11-18-13-27(14-21(29)28(18)20)23-25-15(2)10-16(3)26-23/h5-10,18-20H,4,11-14H2,1-3H3,(H,24,30)/t18-,19-,20-/m1/s1. The number of carbonyl (C=O) groups excluding carboxylic acids is 2. The minimum Gasteiger partial charge on any atom is -0.352 e. The lowest BCUT2D eigenvalue weighted by Crippen LogP contribution is -2.57. The fourth-order valence-electron chi connectivity index (χ4n) is 4.82. The first-order chi connectivity index (χ1) is 14.5. The molecule has 0 aliphatic carbocycles. The van der Waals surface area contributed by atoms with Gasteiger partial charge in [0, 0.05) is 30.5 Å². The van der Waals surface area contributed by atoms with Crippen molar-refractivity contribution in [3.05, 3.63) is 53.3 Å². The van der Waals surface area contributed by atoms with Gasteiger partial charge in [0.1, 0.15) is 6.54 Å². The number of piperazine rings is 1. The van der Waals surface area contributed by atoms with Crippen LogP contribution in [0.2, 0.25) is 0 Å². The average molecular weight is 408 g/mol. The van der Waals surface area contributed by atoms with E-state index < -0.39 is 0 Å². The third kappa shape index (κ3) is 4.01. The van der Waals surface area contributed by atoms with E-state index in [9.17, 15) is 9.59 Å². The van der Waals surface area contributed by atoms with E-state index in [2.05, 4.69) is 22.2 Å². The average Bonchev–Trinajstić information content (AvgIpc) is 3.11. The minimum absolute atomic E-state index is 0.00749. The molecule has 0 saturated carbocycles. The summed E-state index contributed by atoms with van der Waals surface area (Å²) in [7, 11) is 0. The van der Waals surface area contributed by atoms with Crippen molar-refractivity contribution in [2.75, 3.05) is 18.0 Å². The van der Waals surface area contributed by atoms with Crippen molar-refractivity contribution in [2.45, 2.75) is 52.2 Å². The van der Waals surface area contributed by atoms with Crippen LogP contribution in [-0.2, 0) is 16.1 Å². The molecule has 1 aromatic heterocycles. The Morgan fingerprint density at radius 3 is 2.53 bits per heavy atom. The number of aryl methyl sites for hydroxylation is 2. The van der Waals surface area contributed by atoms with Gasteiger partial charge >= 0.3 is 0 Å². The molecule has 2 fully saturated rings. The van der Waals surface area contributed by atoms with Crippen molar-refractivity contribution < 1.29 is 9.59 Å². The summed E-state index contributed by atoms with van der Waals surface area (Å²) in [5.74, 6) is 0.500. The van der Waals surface area contributed by atoms with Gasteiger partial charge in [-0.15, -0.1) is 0 Å². The molecule has 1 N–H and O–H groups in total. The van der Waals surface area contributed by atoms with Crippen LogP contribution in [0, 0.1) is 19.8 Å². The van der Waals surface area contributed by atoms with Crippen LogP contribution >= 0.6 is 0 Å². The first kappa shape index (κ1) is 20.3. The molecule has 158 valence electrons. The number of aromatic nitrogens is 2. The Bertz CT molecular complexity index is 912. The van der Waals surface area contributed by atoms with Gasteiger partial charge in [-0.05, 0) is 38.3 Å². The molecule has 7 nitrogen and oxygen atoms in total. The summed E-state index contributed by atoms with van der Waals surface area (Å²) in [5, 5.41) is 3.07. The Kier molecular flexibility index (Phi) is 5.70. The van der Waals surface area contributed by atoms with E-state index in [-0.39, 0.29) is 36.4 Å². The first-order valence-electron chi connectivity index (χ1n) is 10.7. The SMILES string of the molecule is CC[C@@H]1[C@H](C(=O)NCc2ccccc2)C[C@@H]2CN(c3nc(C)cc(C)n3)CC(=O)N21. The monoisotopic (exact) mass is 407 g/mol. The molecule has 0 unspecified atom stereocenters. The molecule has 2 aliphatic heterocycles. The lowest BCUT2D eigenvalue weighted by molar-refractivity contribution is -0.135. The number of carbonyl (C=O) groups is 2. The topological polar surface area (TPSA) is 78.4 Å². The van der Waals surface area contributed by atoms with Crippen LogP contribution in [-0.4, -0.2) is 51.9 Å². The lowest BCUT2D eigenvalue weighted by atomic mass is 9.96. The second-order valence-electron chi connectivity index (χ2n) is 8.31. The van der Waals surface area contributed by atoms with E-state index in [0.717, 1.165) is 23.4 Å². The van der Waals surface area contributed by atoms with Gasteiger partial charge < -0.3 is 15.1 Å². The molecule has 1 aromatic carbocycles. The van der Waals surface area contributed by atoms with E-state index in [1.165, 1.54) is 0 Å².